The fourth-order valence-corrected chi connectivity index (χ4v) is 4.32. The van der Waals surface area contributed by atoms with Crippen LogP contribution in [-0.4, -0.2) is 44.0 Å². The van der Waals surface area contributed by atoms with Crippen molar-refractivity contribution in [3.63, 3.8) is 0 Å². The van der Waals surface area contributed by atoms with Crippen molar-refractivity contribution in [2.75, 3.05) is 18.4 Å². The van der Waals surface area contributed by atoms with Gasteiger partial charge in [-0.15, -0.1) is 0 Å². The van der Waals surface area contributed by atoms with Crippen molar-refractivity contribution in [2.45, 2.75) is 45.5 Å². The third-order valence-corrected chi connectivity index (χ3v) is 6.18. The number of aromatic nitrogens is 4. The maximum Gasteiger partial charge on any atom is 0.417 e. The molecule has 10 heteroatoms. The molecule has 0 saturated carbocycles. The summed E-state index contributed by atoms with van der Waals surface area (Å²) in [5.41, 5.74) is 1.25. The number of rotatable bonds is 6. The van der Waals surface area contributed by atoms with Crippen molar-refractivity contribution in [1.29, 1.82) is 0 Å². The third kappa shape index (κ3) is 5.32. The number of aryl methyl sites for hydroxylation is 1. The van der Waals surface area contributed by atoms with Crippen LogP contribution in [0.15, 0.2) is 42.9 Å². The second kappa shape index (κ2) is 9.46. The smallest absolute Gasteiger partial charge is 0.368 e. The van der Waals surface area contributed by atoms with Gasteiger partial charge in [0.1, 0.15) is 11.6 Å². The molecular weight excluding hydrogens is 436 g/mol. The van der Waals surface area contributed by atoms with E-state index in [1.165, 1.54) is 16.9 Å². The molecule has 1 aromatic carbocycles. The second-order valence-electron chi connectivity index (χ2n) is 8.52. The normalized spacial score (nSPS) is 19.6. The van der Waals surface area contributed by atoms with E-state index < -0.39 is 11.7 Å². The molecule has 0 spiro atoms. The summed E-state index contributed by atoms with van der Waals surface area (Å²) in [7, 11) is 0. The van der Waals surface area contributed by atoms with Gasteiger partial charge in [0.25, 0.3) is 0 Å². The van der Waals surface area contributed by atoms with Gasteiger partial charge in [-0.05, 0) is 67.6 Å². The lowest BCUT2D eigenvalue weighted by atomic mass is 9.90. The van der Waals surface area contributed by atoms with E-state index in [1.54, 1.807) is 25.4 Å². The van der Waals surface area contributed by atoms with Crippen LogP contribution in [0.1, 0.15) is 36.5 Å². The fraction of sp³-hybridized carbons (Fsp3) is 0.435. The van der Waals surface area contributed by atoms with Crippen molar-refractivity contribution in [2.24, 2.45) is 5.92 Å². The van der Waals surface area contributed by atoms with E-state index in [4.69, 9.17) is 0 Å². The van der Waals surface area contributed by atoms with Crippen molar-refractivity contribution in [3.05, 3.63) is 65.4 Å². The number of likely N-dealkylation sites (tertiary alicyclic amines) is 1. The molecule has 0 amide bonds. The molecule has 176 valence electrons. The van der Waals surface area contributed by atoms with Crippen molar-refractivity contribution in [3.8, 4) is 5.69 Å². The minimum atomic E-state index is -4.41. The zero-order valence-electron chi connectivity index (χ0n) is 18.5. The summed E-state index contributed by atoms with van der Waals surface area (Å²) in [6, 6.07) is 5.76. The van der Waals surface area contributed by atoms with Crippen LogP contribution >= 0.6 is 0 Å². The first-order valence-corrected chi connectivity index (χ1v) is 10.9. The number of pyridine rings is 1. The highest BCUT2D eigenvalue weighted by Gasteiger charge is 2.31. The maximum absolute atomic E-state index is 14.4. The molecule has 6 nitrogen and oxygen atoms in total. The van der Waals surface area contributed by atoms with Gasteiger partial charge in [0.05, 0.1) is 23.6 Å². The molecule has 0 aliphatic carbocycles. The molecule has 1 N–H and O–H groups in total. The molecule has 2 unspecified atom stereocenters. The number of nitrogens with zero attached hydrogens (tertiary/aromatic N) is 5. The Morgan fingerprint density at radius 2 is 1.91 bits per heavy atom. The molecule has 2 aromatic heterocycles. The standard InChI is InChI=1S/C23H26F4N6/c1-15-4-3-9-32(21(15)13-29-22-6-5-18(12-28-22)23(25,26)27)14-17-11-19(24)16(2)10-20(17)33-30-7-8-31-33/h5-8,10-12,15,21H,3-4,9,13-14H2,1-2H3,(H,28,29). The van der Waals surface area contributed by atoms with Gasteiger partial charge < -0.3 is 5.32 Å². The lowest BCUT2D eigenvalue weighted by Crippen LogP contribution is -2.47. The Labute approximate surface area is 189 Å². The Hall–Kier alpha value is -3.01. The van der Waals surface area contributed by atoms with Gasteiger partial charge in [-0.25, -0.2) is 9.37 Å². The largest absolute Gasteiger partial charge is 0.417 e. The number of nitrogens with one attached hydrogen (secondary N) is 1. The second-order valence-corrected chi connectivity index (χ2v) is 8.52. The Kier molecular flexibility index (Phi) is 6.64. The van der Waals surface area contributed by atoms with Gasteiger partial charge in [0.2, 0.25) is 0 Å². The number of piperidine rings is 1. The average molecular weight is 462 g/mol. The van der Waals surface area contributed by atoms with Gasteiger partial charge in [-0.3, -0.25) is 4.90 Å². The summed E-state index contributed by atoms with van der Waals surface area (Å²) >= 11 is 0. The molecule has 1 fully saturated rings. The van der Waals surface area contributed by atoms with Crippen LogP contribution in [0.4, 0.5) is 23.4 Å². The number of hydrogen-bond acceptors (Lipinski definition) is 5. The molecule has 1 aliphatic heterocycles. The van der Waals surface area contributed by atoms with Crippen molar-refractivity contribution < 1.29 is 17.6 Å². The number of halogens is 4. The van der Waals surface area contributed by atoms with Crippen LogP contribution in [0.25, 0.3) is 5.69 Å². The fourth-order valence-electron chi connectivity index (χ4n) is 4.32. The van der Waals surface area contributed by atoms with Gasteiger partial charge in [-0.2, -0.15) is 28.2 Å². The predicted octanol–water partition coefficient (Wildman–Crippen LogP) is 4.84. The SMILES string of the molecule is Cc1cc(-n2nccn2)c(CN2CCCC(C)C2CNc2ccc(C(F)(F)F)cn2)cc1F. The van der Waals surface area contributed by atoms with Crippen LogP contribution in [0.3, 0.4) is 0 Å². The van der Waals surface area contributed by atoms with Crippen LogP contribution < -0.4 is 5.32 Å². The predicted molar refractivity (Wildman–Crippen MR) is 116 cm³/mol. The summed E-state index contributed by atoms with van der Waals surface area (Å²) in [5, 5.41) is 11.6. The summed E-state index contributed by atoms with van der Waals surface area (Å²) in [5.74, 6) is 0.459. The van der Waals surface area contributed by atoms with Crippen LogP contribution in [-0.2, 0) is 12.7 Å². The summed E-state index contributed by atoms with van der Waals surface area (Å²) in [6.07, 6.45) is 1.64. The number of hydrogen-bond donors (Lipinski definition) is 1. The highest BCUT2D eigenvalue weighted by atomic mass is 19.4. The van der Waals surface area contributed by atoms with E-state index in [0.29, 0.717) is 30.4 Å². The third-order valence-electron chi connectivity index (χ3n) is 6.18. The Balaban J connectivity index is 1.52. The molecule has 1 aliphatic rings. The van der Waals surface area contributed by atoms with E-state index in [2.05, 4.69) is 32.3 Å². The first-order chi connectivity index (χ1) is 15.7. The minimum Gasteiger partial charge on any atom is -0.368 e. The molecule has 0 radical (unpaired) electrons. The Morgan fingerprint density at radius 3 is 2.58 bits per heavy atom. The van der Waals surface area contributed by atoms with Crippen LogP contribution in [0.5, 0.6) is 0 Å². The van der Waals surface area contributed by atoms with Gasteiger partial charge in [0.15, 0.2) is 0 Å². The molecule has 0 bridgehead atoms. The van der Waals surface area contributed by atoms with E-state index in [9.17, 15) is 17.6 Å². The number of benzene rings is 1. The van der Waals surface area contributed by atoms with Crippen molar-refractivity contribution >= 4 is 5.82 Å². The summed E-state index contributed by atoms with van der Waals surface area (Å²) < 4.78 is 52.8. The quantitative estimate of drug-likeness (QED) is 0.531. The topological polar surface area (TPSA) is 58.9 Å². The lowest BCUT2D eigenvalue weighted by Gasteiger charge is -2.40. The van der Waals surface area contributed by atoms with Crippen LogP contribution in [0, 0.1) is 18.7 Å². The summed E-state index contributed by atoms with van der Waals surface area (Å²) in [4.78, 5) is 7.69. The Bertz CT molecular complexity index is 1070. The van der Waals surface area contributed by atoms with Gasteiger partial charge >= 0.3 is 6.18 Å². The van der Waals surface area contributed by atoms with E-state index in [0.717, 1.165) is 42.9 Å². The summed E-state index contributed by atoms with van der Waals surface area (Å²) in [6.45, 7) is 5.72. The van der Waals surface area contributed by atoms with Crippen molar-refractivity contribution in [1.82, 2.24) is 24.9 Å². The zero-order valence-corrected chi connectivity index (χ0v) is 18.5. The molecule has 1 saturated heterocycles. The first kappa shape index (κ1) is 23.2. The number of alkyl halides is 3. The average Bonchev–Trinajstić information content (AvgIpc) is 3.30. The molecular formula is C23H26F4N6. The molecule has 3 aromatic rings. The van der Waals surface area contributed by atoms with Crippen LogP contribution in [0.2, 0.25) is 0 Å². The van der Waals surface area contributed by atoms with Gasteiger partial charge in [-0.1, -0.05) is 6.92 Å². The molecule has 3 heterocycles. The Morgan fingerprint density at radius 1 is 1.15 bits per heavy atom. The van der Waals surface area contributed by atoms with E-state index >= 15 is 0 Å². The lowest BCUT2D eigenvalue weighted by molar-refractivity contribution is -0.137. The van der Waals surface area contributed by atoms with E-state index in [-0.39, 0.29) is 11.9 Å². The maximum atomic E-state index is 14.4. The highest BCUT2D eigenvalue weighted by Crippen LogP contribution is 2.30. The molecule has 2 atom stereocenters. The molecule has 4 rings (SSSR count). The van der Waals surface area contributed by atoms with E-state index in [1.807, 2.05) is 0 Å². The number of anilines is 1. The van der Waals surface area contributed by atoms with Gasteiger partial charge in [0, 0.05) is 25.3 Å². The first-order valence-electron chi connectivity index (χ1n) is 10.9. The highest BCUT2D eigenvalue weighted by molar-refractivity contribution is 5.43. The molecule has 33 heavy (non-hydrogen) atoms. The minimum absolute atomic E-state index is 0.102. The monoisotopic (exact) mass is 462 g/mol. The zero-order chi connectivity index (χ0) is 23.6.